The number of rotatable bonds is 4. The van der Waals surface area contributed by atoms with Crippen molar-refractivity contribution in [2.45, 2.75) is 19.9 Å². The molecule has 5 nitrogen and oxygen atoms in total. The van der Waals surface area contributed by atoms with Crippen LogP contribution in [0, 0.1) is 17.2 Å². The third-order valence-corrected chi connectivity index (χ3v) is 4.85. The topological polar surface area (TPSA) is 60.2 Å². The zero-order valence-electron chi connectivity index (χ0n) is 15.3. The van der Waals surface area contributed by atoms with Crippen molar-refractivity contribution in [2.75, 3.05) is 26.2 Å². The van der Waals surface area contributed by atoms with Gasteiger partial charge in [0.05, 0.1) is 11.6 Å². The van der Waals surface area contributed by atoms with E-state index >= 15 is 0 Å². The van der Waals surface area contributed by atoms with Gasteiger partial charge in [0.25, 0.3) is 0 Å². The summed E-state index contributed by atoms with van der Waals surface area (Å²) in [5.74, 6) is 0.302. The summed E-state index contributed by atoms with van der Waals surface area (Å²) in [6.45, 7) is 6.92. The summed E-state index contributed by atoms with van der Waals surface area (Å²) in [6, 6.07) is 12.2. The van der Waals surface area contributed by atoms with Crippen molar-refractivity contribution in [3.05, 3.63) is 48.2 Å². The molecule has 2 heterocycles. The van der Waals surface area contributed by atoms with E-state index in [-0.39, 0.29) is 11.9 Å². The number of fused-ring (bicyclic) bond motifs is 1. The molecule has 5 heteroatoms. The first kappa shape index (κ1) is 18.1. The molecule has 26 heavy (non-hydrogen) atoms. The van der Waals surface area contributed by atoms with Gasteiger partial charge in [0, 0.05) is 49.4 Å². The molecular formula is C21H24N4O. The molecule has 0 aliphatic carbocycles. The monoisotopic (exact) mass is 348 g/mol. The molecule has 0 radical (unpaired) electrons. The number of aromatic nitrogens is 1. The zero-order valence-corrected chi connectivity index (χ0v) is 15.3. The zero-order chi connectivity index (χ0) is 18.5. The quantitative estimate of drug-likeness (QED) is 0.797. The summed E-state index contributed by atoms with van der Waals surface area (Å²) < 4.78 is 0. The molecule has 1 aliphatic rings. The van der Waals surface area contributed by atoms with E-state index in [4.69, 9.17) is 0 Å². The normalized spacial score (nSPS) is 16.9. The second kappa shape index (κ2) is 8.11. The number of nitriles is 1. The fraction of sp³-hybridized carbons (Fsp3) is 0.381. The first-order chi connectivity index (χ1) is 12.6. The number of benzene rings is 1. The Morgan fingerprint density at radius 3 is 2.62 bits per heavy atom. The molecule has 1 aromatic heterocycles. The number of carbonyl (C=O) groups excluding carboxylic acids is 1. The van der Waals surface area contributed by atoms with Crippen molar-refractivity contribution in [2.24, 2.45) is 5.92 Å². The van der Waals surface area contributed by atoms with Crippen molar-refractivity contribution in [1.29, 1.82) is 5.26 Å². The van der Waals surface area contributed by atoms with Gasteiger partial charge in [-0.2, -0.15) is 5.26 Å². The molecule has 1 aliphatic heterocycles. The van der Waals surface area contributed by atoms with Crippen LogP contribution in [0.5, 0.6) is 0 Å². The molecule has 0 bridgehead atoms. The average Bonchev–Trinajstić information content (AvgIpc) is 2.67. The van der Waals surface area contributed by atoms with Crippen molar-refractivity contribution in [3.63, 3.8) is 0 Å². The van der Waals surface area contributed by atoms with E-state index in [0.29, 0.717) is 19.0 Å². The predicted octanol–water partition coefficient (Wildman–Crippen LogP) is 2.94. The highest BCUT2D eigenvalue weighted by Crippen LogP contribution is 2.18. The lowest BCUT2D eigenvalue weighted by molar-refractivity contribution is -0.127. The van der Waals surface area contributed by atoms with Gasteiger partial charge in [-0.3, -0.25) is 14.7 Å². The van der Waals surface area contributed by atoms with Crippen LogP contribution in [0.15, 0.2) is 42.6 Å². The Bertz CT molecular complexity index is 839. The Morgan fingerprint density at radius 2 is 1.92 bits per heavy atom. The van der Waals surface area contributed by atoms with E-state index in [9.17, 15) is 10.1 Å². The summed E-state index contributed by atoms with van der Waals surface area (Å²) in [7, 11) is 0. The molecule has 2 aromatic rings. The van der Waals surface area contributed by atoms with Gasteiger partial charge >= 0.3 is 0 Å². The van der Waals surface area contributed by atoms with Gasteiger partial charge in [0.2, 0.25) is 5.91 Å². The fourth-order valence-corrected chi connectivity index (χ4v) is 3.40. The number of amides is 1. The van der Waals surface area contributed by atoms with Gasteiger partial charge in [0.1, 0.15) is 6.04 Å². The van der Waals surface area contributed by atoms with Gasteiger partial charge < -0.3 is 4.90 Å². The Labute approximate surface area is 154 Å². The summed E-state index contributed by atoms with van der Waals surface area (Å²) in [5, 5.41) is 10.4. The van der Waals surface area contributed by atoms with Crippen molar-refractivity contribution >= 4 is 22.9 Å². The van der Waals surface area contributed by atoms with Crippen LogP contribution in [0.4, 0.5) is 0 Å². The standard InChI is InChI=1S/C21H24N4O/c1-16(2)19(15-22)24-11-13-25(14-12-24)20(26)9-8-18-6-3-5-17-7-4-10-23-21(17)18/h3-10,16,19H,11-14H2,1-2H3/b9-8-/t19-/m1/s1. The molecule has 0 spiro atoms. The minimum atomic E-state index is -0.0791. The van der Waals surface area contributed by atoms with Crippen LogP contribution in [0.1, 0.15) is 19.4 Å². The Kier molecular flexibility index (Phi) is 5.65. The van der Waals surface area contributed by atoms with E-state index < -0.39 is 0 Å². The van der Waals surface area contributed by atoms with Crippen molar-refractivity contribution < 1.29 is 4.79 Å². The van der Waals surface area contributed by atoms with Crippen LogP contribution in [0.2, 0.25) is 0 Å². The molecule has 1 amide bonds. The van der Waals surface area contributed by atoms with Gasteiger partial charge in [-0.25, -0.2) is 0 Å². The molecule has 1 atom stereocenters. The maximum Gasteiger partial charge on any atom is 0.246 e. The minimum Gasteiger partial charge on any atom is -0.337 e. The maximum absolute atomic E-state index is 12.5. The minimum absolute atomic E-state index is 0.00985. The third kappa shape index (κ3) is 3.92. The molecule has 0 unspecified atom stereocenters. The van der Waals surface area contributed by atoms with Crippen LogP contribution in [0.25, 0.3) is 17.0 Å². The van der Waals surface area contributed by atoms with Crippen LogP contribution in [0.3, 0.4) is 0 Å². The lowest BCUT2D eigenvalue weighted by Gasteiger charge is -2.37. The maximum atomic E-state index is 12.5. The SMILES string of the molecule is CC(C)[C@@H](C#N)N1CCN(C(=O)/C=C\c2cccc3cccnc23)CC1. The molecule has 3 rings (SSSR count). The summed E-state index contributed by atoms with van der Waals surface area (Å²) >= 11 is 0. The lowest BCUT2D eigenvalue weighted by Crippen LogP contribution is -2.52. The highest BCUT2D eigenvalue weighted by molar-refractivity contribution is 5.95. The lowest BCUT2D eigenvalue weighted by atomic mass is 10.0. The van der Waals surface area contributed by atoms with Gasteiger partial charge in [-0.1, -0.05) is 38.1 Å². The van der Waals surface area contributed by atoms with Crippen molar-refractivity contribution in [3.8, 4) is 6.07 Å². The van der Waals surface area contributed by atoms with Gasteiger partial charge in [-0.05, 0) is 18.1 Å². The highest BCUT2D eigenvalue weighted by Gasteiger charge is 2.26. The number of pyridine rings is 1. The summed E-state index contributed by atoms with van der Waals surface area (Å²) in [6.07, 6.45) is 5.24. The summed E-state index contributed by atoms with van der Waals surface area (Å²) in [5.41, 5.74) is 1.84. The molecule has 1 aromatic carbocycles. The van der Waals surface area contributed by atoms with Crippen LogP contribution >= 0.6 is 0 Å². The van der Waals surface area contributed by atoms with E-state index in [1.54, 1.807) is 12.3 Å². The summed E-state index contributed by atoms with van der Waals surface area (Å²) in [4.78, 5) is 21.0. The molecule has 134 valence electrons. The van der Waals surface area contributed by atoms with Crippen molar-refractivity contribution in [1.82, 2.24) is 14.8 Å². The highest BCUT2D eigenvalue weighted by atomic mass is 16.2. The van der Waals surface area contributed by atoms with Crippen LogP contribution < -0.4 is 0 Å². The molecule has 1 saturated heterocycles. The van der Waals surface area contributed by atoms with E-state index in [0.717, 1.165) is 29.6 Å². The number of hydrogen-bond acceptors (Lipinski definition) is 4. The molecular weight excluding hydrogens is 324 g/mol. The van der Waals surface area contributed by atoms with Gasteiger partial charge in [-0.15, -0.1) is 0 Å². The number of piperazine rings is 1. The smallest absolute Gasteiger partial charge is 0.246 e. The molecule has 1 fully saturated rings. The first-order valence-corrected chi connectivity index (χ1v) is 9.04. The molecule has 0 N–H and O–H groups in total. The van der Waals surface area contributed by atoms with E-state index in [2.05, 4.69) is 29.8 Å². The van der Waals surface area contributed by atoms with Crippen LogP contribution in [-0.4, -0.2) is 52.9 Å². The number of hydrogen-bond donors (Lipinski definition) is 0. The average molecular weight is 348 g/mol. The largest absolute Gasteiger partial charge is 0.337 e. The Balaban J connectivity index is 1.64. The number of nitrogens with zero attached hydrogens (tertiary/aromatic N) is 4. The Hall–Kier alpha value is -2.71. The fourth-order valence-electron chi connectivity index (χ4n) is 3.40. The second-order valence-corrected chi connectivity index (χ2v) is 6.93. The van der Waals surface area contributed by atoms with Crippen LogP contribution in [-0.2, 0) is 4.79 Å². The van der Waals surface area contributed by atoms with E-state index in [1.165, 1.54) is 0 Å². The molecule has 0 saturated carbocycles. The second-order valence-electron chi connectivity index (χ2n) is 6.93. The Morgan fingerprint density at radius 1 is 1.19 bits per heavy atom. The van der Waals surface area contributed by atoms with E-state index in [1.807, 2.05) is 41.3 Å². The number of para-hydroxylation sites is 1. The third-order valence-electron chi connectivity index (χ3n) is 4.85. The first-order valence-electron chi connectivity index (χ1n) is 9.04. The number of carbonyl (C=O) groups is 1. The predicted molar refractivity (Wildman–Crippen MR) is 103 cm³/mol. The van der Waals surface area contributed by atoms with Gasteiger partial charge in [0.15, 0.2) is 0 Å².